The SMILES string of the molecule is CCc1ccc(C(CC(=O)O)NN)cc1. The van der Waals surface area contributed by atoms with Crippen molar-refractivity contribution in [2.45, 2.75) is 25.8 Å². The first kappa shape index (κ1) is 11.7. The molecule has 0 fully saturated rings. The van der Waals surface area contributed by atoms with Crippen LogP contribution < -0.4 is 11.3 Å². The van der Waals surface area contributed by atoms with Crippen LogP contribution in [0.1, 0.15) is 30.5 Å². The summed E-state index contributed by atoms with van der Waals surface area (Å²) in [5, 5.41) is 8.68. The second-order valence-corrected chi connectivity index (χ2v) is 3.41. The summed E-state index contributed by atoms with van der Waals surface area (Å²) >= 11 is 0. The van der Waals surface area contributed by atoms with Crippen molar-refractivity contribution in [2.24, 2.45) is 5.84 Å². The normalized spacial score (nSPS) is 12.4. The van der Waals surface area contributed by atoms with Crippen molar-refractivity contribution < 1.29 is 9.90 Å². The Morgan fingerprint density at radius 3 is 2.47 bits per heavy atom. The molecule has 0 bridgehead atoms. The van der Waals surface area contributed by atoms with Gasteiger partial charge in [0.2, 0.25) is 0 Å². The number of aryl methyl sites for hydroxylation is 1. The number of hydrogen-bond donors (Lipinski definition) is 3. The monoisotopic (exact) mass is 208 g/mol. The third-order valence-electron chi connectivity index (χ3n) is 2.37. The summed E-state index contributed by atoms with van der Waals surface area (Å²) in [6.07, 6.45) is 0.960. The Morgan fingerprint density at radius 1 is 1.47 bits per heavy atom. The highest BCUT2D eigenvalue weighted by Gasteiger charge is 2.13. The molecular formula is C11H16N2O2. The summed E-state index contributed by atoms with van der Waals surface area (Å²) in [4.78, 5) is 10.6. The number of hydrazine groups is 1. The topological polar surface area (TPSA) is 75.3 Å². The van der Waals surface area contributed by atoms with E-state index >= 15 is 0 Å². The van der Waals surface area contributed by atoms with Gasteiger partial charge in [0.15, 0.2) is 0 Å². The highest BCUT2D eigenvalue weighted by atomic mass is 16.4. The Balaban J connectivity index is 2.78. The quantitative estimate of drug-likeness (QED) is 0.502. The minimum Gasteiger partial charge on any atom is -0.481 e. The Hall–Kier alpha value is -1.39. The van der Waals surface area contributed by atoms with Crippen LogP contribution in [0.5, 0.6) is 0 Å². The molecule has 0 aromatic heterocycles. The van der Waals surface area contributed by atoms with E-state index in [1.165, 1.54) is 5.56 Å². The number of carbonyl (C=O) groups is 1. The minimum absolute atomic E-state index is 0.0119. The van der Waals surface area contributed by atoms with Crippen molar-refractivity contribution in [1.82, 2.24) is 5.43 Å². The molecule has 0 saturated heterocycles. The predicted octanol–water partition coefficient (Wildman–Crippen LogP) is 1.23. The van der Waals surface area contributed by atoms with Crippen LogP contribution in [0.3, 0.4) is 0 Å². The highest BCUT2D eigenvalue weighted by molar-refractivity contribution is 5.67. The van der Waals surface area contributed by atoms with Gasteiger partial charge in [0.05, 0.1) is 12.5 Å². The van der Waals surface area contributed by atoms with E-state index < -0.39 is 5.97 Å². The summed E-state index contributed by atoms with van der Waals surface area (Å²) in [7, 11) is 0. The molecule has 1 aromatic carbocycles. The van der Waals surface area contributed by atoms with Gasteiger partial charge in [-0.2, -0.15) is 0 Å². The van der Waals surface area contributed by atoms with Gasteiger partial charge in [0.25, 0.3) is 0 Å². The number of hydrogen-bond acceptors (Lipinski definition) is 3. The first-order valence-electron chi connectivity index (χ1n) is 4.94. The van der Waals surface area contributed by atoms with Crippen LogP contribution >= 0.6 is 0 Å². The maximum atomic E-state index is 10.6. The molecule has 0 saturated carbocycles. The second kappa shape index (κ2) is 5.48. The number of nitrogens with one attached hydrogen (secondary N) is 1. The van der Waals surface area contributed by atoms with E-state index in [0.29, 0.717) is 0 Å². The maximum Gasteiger partial charge on any atom is 0.305 e. The van der Waals surface area contributed by atoms with E-state index in [-0.39, 0.29) is 12.5 Å². The molecule has 1 rings (SSSR count). The van der Waals surface area contributed by atoms with Crippen LogP contribution in [-0.4, -0.2) is 11.1 Å². The van der Waals surface area contributed by atoms with Gasteiger partial charge in [0, 0.05) is 0 Å². The van der Waals surface area contributed by atoms with Gasteiger partial charge in [-0.15, -0.1) is 0 Å². The van der Waals surface area contributed by atoms with Gasteiger partial charge in [-0.3, -0.25) is 16.1 Å². The molecule has 0 heterocycles. The maximum absolute atomic E-state index is 10.6. The smallest absolute Gasteiger partial charge is 0.305 e. The second-order valence-electron chi connectivity index (χ2n) is 3.41. The lowest BCUT2D eigenvalue weighted by molar-refractivity contribution is -0.137. The molecule has 1 atom stereocenters. The van der Waals surface area contributed by atoms with E-state index in [9.17, 15) is 4.79 Å². The number of carboxylic acids is 1. The molecule has 82 valence electrons. The van der Waals surface area contributed by atoms with Gasteiger partial charge < -0.3 is 5.11 Å². The van der Waals surface area contributed by atoms with Gasteiger partial charge in [-0.1, -0.05) is 31.2 Å². The average Bonchev–Trinajstić information content (AvgIpc) is 2.26. The Labute approximate surface area is 89.1 Å². The third kappa shape index (κ3) is 3.34. The van der Waals surface area contributed by atoms with E-state index in [1.54, 1.807) is 0 Å². The van der Waals surface area contributed by atoms with Crippen molar-refractivity contribution in [1.29, 1.82) is 0 Å². The molecule has 1 aromatic rings. The van der Waals surface area contributed by atoms with Crippen molar-refractivity contribution in [3.63, 3.8) is 0 Å². The van der Waals surface area contributed by atoms with Crippen LogP contribution in [0, 0.1) is 0 Å². The Kier molecular flexibility index (Phi) is 4.27. The molecule has 4 heteroatoms. The third-order valence-corrected chi connectivity index (χ3v) is 2.37. The summed E-state index contributed by atoms with van der Waals surface area (Å²) < 4.78 is 0. The molecule has 0 aliphatic rings. The predicted molar refractivity (Wildman–Crippen MR) is 58.1 cm³/mol. The van der Waals surface area contributed by atoms with Gasteiger partial charge in [-0.05, 0) is 17.5 Å². The summed E-state index contributed by atoms with van der Waals surface area (Å²) in [5.74, 6) is 4.45. The first-order valence-corrected chi connectivity index (χ1v) is 4.94. The molecule has 0 amide bonds. The molecule has 0 spiro atoms. The lowest BCUT2D eigenvalue weighted by atomic mass is 10.0. The lowest BCUT2D eigenvalue weighted by Crippen LogP contribution is -2.29. The lowest BCUT2D eigenvalue weighted by Gasteiger charge is -2.14. The zero-order valence-electron chi connectivity index (χ0n) is 8.73. The summed E-state index contributed by atoms with van der Waals surface area (Å²) in [6, 6.07) is 7.47. The molecule has 4 nitrogen and oxygen atoms in total. The van der Waals surface area contributed by atoms with E-state index in [4.69, 9.17) is 10.9 Å². The molecule has 0 aliphatic carbocycles. The van der Waals surface area contributed by atoms with Gasteiger partial charge in [-0.25, -0.2) is 0 Å². The summed E-state index contributed by atoms with van der Waals surface area (Å²) in [5.41, 5.74) is 4.63. The van der Waals surface area contributed by atoms with E-state index in [2.05, 4.69) is 12.3 Å². The molecule has 0 aliphatic heterocycles. The number of carboxylic acid groups (broad SMARTS) is 1. The van der Waals surface area contributed by atoms with Crippen LogP contribution in [0.15, 0.2) is 24.3 Å². The zero-order valence-corrected chi connectivity index (χ0v) is 8.73. The Bertz CT molecular complexity index is 322. The van der Waals surface area contributed by atoms with Crippen LogP contribution in [0.2, 0.25) is 0 Å². The van der Waals surface area contributed by atoms with Crippen molar-refractivity contribution in [2.75, 3.05) is 0 Å². The Morgan fingerprint density at radius 2 is 2.07 bits per heavy atom. The molecule has 4 N–H and O–H groups in total. The van der Waals surface area contributed by atoms with Crippen LogP contribution in [0.25, 0.3) is 0 Å². The number of aliphatic carboxylic acids is 1. The fraction of sp³-hybridized carbons (Fsp3) is 0.364. The fourth-order valence-electron chi connectivity index (χ4n) is 1.43. The molecular weight excluding hydrogens is 192 g/mol. The van der Waals surface area contributed by atoms with Crippen LogP contribution in [0.4, 0.5) is 0 Å². The number of benzene rings is 1. The summed E-state index contributed by atoms with van der Waals surface area (Å²) in [6.45, 7) is 2.07. The molecule has 0 radical (unpaired) electrons. The van der Waals surface area contributed by atoms with Crippen molar-refractivity contribution in [3.8, 4) is 0 Å². The zero-order chi connectivity index (χ0) is 11.3. The van der Waals surface area contributed by atoms with Crippen molar-refractivity contribution in [3.05, 3.63) is 35.4 Å². The van der Waals surface area contributed by atoms with Crippen molar-refractivity contribution >= 4 is 5.97 Å². The van der Waals surface area contributed by atoms with Gasteiger partial charge in [0.1, 0.15) is 0 Å². The standard InChI is InChI=1S/C11H16N2O2/c1-2-8-3-5-9(6-4-8)10(13-12)7-11(14)15/h3-6,10,13H,2,7,12H2,1H3,(H,14,15). The molecule has 1 unspecified atom stereocenters. The first-order chi connectivity index (χ1) is 7.17. The number of nitrogens with two attached hydrogens (primary N) is 1. The highest BCUT2D eigenvalue weighted by Crippen LogP contribution is 2.16. The fourth-order valence-corrected chi connectivity index (χ4v) is 1.43. The number of rotatable bonds is 5. The van der Waals surface area contributed by atoms with E-state index in [0.717, 1.165) is 12.0 Å². The molecule has 15 heavy (non-hydrogen) atoms. The van der Waals surface area contributed by atoms with Gasteiger partial charge >= 0.3 is 5.97 Å². The van der Waals surface area contributed by atoms with Crippen LogP contribution in [-0.2, 0) is 11.2 Å². The average molecular weight is 208 g/mol. The minimum atomic E-state index is -0.863. The largest absolute Gasteiger partial charge is 0.481 e. The van der Waals surface area contributed by atoms with E-state index in [1.807, 2.05) is 24.3 Å².